The summed E-state index contributed by atoms with van der Waals surface area (Å²) in [5.74, 6) is 0.796. The van der Waals surface area contributed by atoms with Crippen LogP contribution in [0.25, 0.3) is 10.9 Å². The molecule has 1 aromatic carbocycles. The molecular weight excluding hydrogens is 238 g/mol. The molecule has 2 aliphatic rings. The third-order valence-corrected chi connectivity index (χ3v) is 4.46. The number of aromatic amines is 1. The Hall–Kier alpha value is -1.81. The summed E-state index contributed by atoms with van der Waals surface area (Å²) in [6, 6.07) is 8.56. The fourth-order valence-corrected chi connectivity index (χ4v) is 3.46. The van der Waals surface area contributed by atoms with E-state index in [1.807, 2.05) is 30.5 Å². The fraction of sp³-hybridized carbons (Fsp3) is 0.400. The number of rotatable bonds is 2. The average molecular weight is 255 g/mol. The molecule has 19 heavy (non-hydrogen) atoms. The van der Waals surface area contributed by atoms with Crippen molar-refractivity contribution < 1.29 is 4.79 Å². The van der Waals surface area contributed by atoms with Gasteiger partial charge in [0.05, 0.1) is 0 Å². The van der Waals surface area contributed by atoms with Crippen LogP contribution in [0.5, 0.6) is 0 Å². The molecule has 4 rings (SSSR count). The number of piperidine rings is 1. The number of fused-ring (bicyclic) bond motifs is 3. The average Bonchev–Trinajstić information content (AvgIpc) is 3.13. The molecule has 1 saturated heterocycles. The molecule has 1 amide bonds. The second-order valence-electron chi connectivity index (χ2n) is 5.71. The smallest absolute Gasteiger partial charge is 0.251 e. The van der Waals surface area contributed by atoms with Crippen LogP contribution in [0.3, 0.4) is 0 Å². The Bertz CT molecular complexity index is 633. The van der Waals surface area contributed by atoms with Crippen molar-refractivity contribution in [1.29, 1.82) is 0 Å². The van der Waals surface area contributed by atoms with Gasteiger partial charge < -0.3 is 15.6 Å². The highest BCUT2D eigenvalue weighted by molar-refractivity contribution is 5.98. The summed E-state index contributed by atoms with van der Waals surface area (Å²) < 4.78 is 0. The summed E-state index contributed by atoms with van der Waals surface area (Å²) >= 11 is 0. The number of carbonyl (C=O) groups excluding carboxylic acids is 1. The van der Waals surface area contributed by atoms with Crippen molar-refractivity contribution in [3.05, 3.63) is 36.0 Å². The summed E-state index contributed by atoms with van der Waals surface area (Å²) in [4.78, 5) is 15.4. The van der Waals surface area contributed by atoms with Crippen LogP contribution in [0.4, 0.5) is 0 Å². The number of nitrogens with one attached hydrogen (secondary N) is 3. The van der Waals surface area contributed by atoms with E-state index in [9.17, 15) is 4.79 Å². The fourth-order valence-electron chi connectivity index (χ4n) is 3.46. The quantitative estimate of drug-likeness (QED) is 0.764. The summed E-state index contributed by atoms with van der Waals surface area (Å²) in [7, 11) is 0. The number of amides is 1. The highest BCUT2D eigenvalue weighted by Crippen LogP contribution is 2.31. The van der Waals surface area contributed by atoms with E-state index in [1.165, 1.54) is 6.42 Å². The summed E-state index contributed by atoms with van der Waals surface area (Å²) in [6.07, 6.45) is 4.23. The van der Waals surface area contributed by atoms with Gasteiger partial charge in [-0.3, -0.25) is 4.79 Å². The molecule has 2 aromatic rings. The lowest BCUT2D eigenvalue weighted by molar-refractivity contribution is 0.0928. The van der Waals surface area contributed by atoms with Crippen molar-refractivity contribution in [3.63, 3.8) is 0 Å². The monoisotopic (exact) mass is 255 g/mol. The maximum atomic E-state index is 12.3. The topological polar surface area (TPSA) is 56.9 Å². The Morgan fingerprint density at radius 1 is 1.26 bits per heavy atom. The second-order valence-corrected chi connectivity index (χ2v) is 5.71. The van der Waals surface area contributed by atoms with E-state index in [2.05, 4.69) is 15.6 Å². The molecule has 2 heterocycles. The minimum Gasteiger partial charge on any atom is -0.361 e. The van der Waals surface area contributed by atoms with Gasteiger partial charge in [0.2, 0.25) is 0 Å². The van der Waals surface area contributed by atoms with Crippen molar-refractivity contribution in [1.82, 2.24) is 15.6 Å². The zero-order valence-corrected chi connectivity index (χ0v) is 10.6. The van der Waals surface area contributed by atoms with E-state index in [1.54, 1.807) is 0 Å². The van der Waals surface area contributed by atoms with E-state index in [0.717, 1.165) is 35.3 Å². The number of benzene rings is 1. The highest BCUT2D eigenvalue weighted by Gasteiger charge is 2.39. The van der Waals surface area contributed by atoms with Crippen LogP contribution in [-0.4, -0.2) is 29.5 Å². The van der Waals surface area contributed by atoms with E-state index in [0.29, 0.717) is 12.1 Å². The molecule has 3 N–H and O–H groups in total. The van der Waals surface area contributed by atoms with Crippen molar-refractivity contribution in [3.8, 4) is 0 Å². The number of hydrogen-bond donors (Lipinski definition) is 3. The molecule has 1 aliphatic heterocycles. The van der Waals surface area contributed by atoms with E-state index < -0.39 is 0 Å². The molecule has 3 unspecified atom stereocenters. The highest BCUT2D eigenvalue weighted by atomic mass is 16.1. The van der Waals surface area contributed by atoms with Crippen LogP contribution in [0.15, 0.2) is 30.5 Å². The normalized spacial score (nSPS) is 28.9. The van der Waals surface area contributed by atoms with E-state index in [4.69, 9.17) is 0 Å². The third kappa shape index (κ3) is 1.83. The molecule has 2 bridgehead atoms. The van der Waals surface area contributed by atoms with Gasteiger partial charge >= 0.3 is 0 Å². The van der Waals surface area contributed by atoms with Crippen molar-refractivity contribution in [2.45, 2.75) is 24.9 Å². The standard InChI is InChI=1S/C15H17N3O/c19-15(18-14-6-9-5-13(14)17-8-9)11-1-2-12-10(7-11)3-4-16-12/h1-4,7,9,13-14,16-17H,5-6,8H2,(H,18,19). The van der Waals surface area contributed by atoms with Gasteiger partial charge in [-0.1, -0.05) is 0 Å². The first-order chi connectivity index (χ1) is 9.29. The zero-order chi connectivity index (χ0) is 12.8. The predicted molar refractivity (Wildman–Crippen MR) is 74.1 cm³/mol. The predicted octanol–water partition coefficient (Wildman–Crippen LogP) is 1.65. The minimum absolute atomic E-state index is 0.0439. The lowest BCUT2D eigenvalue weighted by atomic mass is 10.1. The molecule has 1 saturated carbocycles. The molecule has 0 radical (unpaired) electrons. The van der Waals surface area contributed by atoms with Gasteiger partial charge in [0.15, 0.2) is 0 Å². The number of carbonyl (C=O) groups is 1. The molecule has 4 nitrogen and oxygen atoms in total. The Kier molecular flexibility index (Phi) is 2.38. The van der Waals surface area contributed by atoms with E-state index in [-0.39, 0.29) is 5.91 Å². The van der Waals surface area contributed by atoms with Crippen LogP contribution in [-0.2, 0) is 0 Å². The largest absolute Gasteiger partial charge is 0.361 e. The molecule has 98 valence electrons. The second kappa shape index (κ2) is 4.10. The molecule has 0 spiro atoms. The van der Waals surface area contributed by atoms with Crippen LogP contribution in [0, 0.1) is 5.92 Å². The molecule has 3 atom stereocenters. The Labute approximate surface area is 111 Å². The first-order valence-electron chi connectivity index (χ1n) is 6.91. The van der Waals surface area contributed by atoms with Crippen LogP contribution in [0.2, 0.25) is 0 Å². The molecule has 2 fully saturated rings. The van der Waals surface area contributed by atoms with Gasteiger partial charge in [-0.25, -0.2) is 0 Å². The number of hydrogen-bond acceptors (Lipinski definition) is 2. The van der Waals surface area contributed by atoms with Crippen LogP contribution >= 0.6 is 0 Å². The molecule has 4 heteroatoms. The Balaban J connectivity index is 1.53. The number of aromatic nitrogens is 1. The number of H-pyrrole nitrogens is 1. The molecule has 1 aliphatic carbocycles. The third-order valence-electron chi connectivity index (χ3n) is 4.46. The minimum atomic E-state index is 0.0439. The maximum absolute atomic E-state index is 12.3. The summed E-state index contributed by atoms with van der Waals surface area (Å²) in [5.41, 5.74) is 1.81. The lowest BCUT2D eigenvalue weighted by Gasteiger charge is -2.24. The summed E-state index contributed by atoms with van der Waals surface area (Å²) in [6.45, 7) is 1.12. The maximum Gasteiger partial charge on any atom is 0.251 e. The molecule has 1 aromatic heterocycles. The van der Waals surface area contributed by atoms with Gasteiger partial charge in [-0.05, 0) is 49.6 Å². The van der Waals surface area contributed by atoms with Gasteiger partial charge in [0.1, 0.15) is 0 Å². The Morgan fingerprint density at radius 3 is 3.00 bits per heavy atom. The first-order valence-corrected chi connectivity index (χ1v) is 6.91. The van der Waals surface area contributed by atoms with Gasteiger partial charge in [-0.2, -0.15) is 0 Å². The lowest BCUT2D eigenvalue weighted by Crippen LogP contribution is -2.47. The van der Waals surface area contributed by atoms with E-state index >= 15 is 0 Å². The molecular formula is C15H17N3O. The zero-order valence-electron chi connectivity index (χ0n) is 10.6. The van der Waals surface area contributed by atoms with Gasteiger partial charge in [0, 0.05) is 34.7 Å². The van der Waals surface area contributed by atoms with Crippen LogP contribution in [0.1, 0.15) is 23.2 Å². The summed E-state index contributed by atoms with van der Waals surface area (Å²) in [5, 5.41) is 7.72. The van der Waals surface area contributed by atoms with Crippen molar-refractivity contribution >= 4 is 16.8 Å². The first kappa shape index (κ1) is 11.1. The van der Waals surface area contributed by atoms with Crippen LogP contribution < -0.4 is 10.6 Å². The SMILES string of the molecule is O=C(NC1CC2CNC1C2)c1ccc2[nH]ccc2c1. The van der Waals surface area contributed by atoms with Crippen molar-refractivity contribution in [2.75, 3.05) is 6.54 Å². The Morgan fingerprint density at radius 2 is 2.21 bits per heavy atom. The van der Waals surface area contributed by atoms with Crippen molar-refractivity contribution in [2.24, 2.45) is 5.92 Å². The van der Waals surface area contributed by atoms with Gasteiger partial charge in [-0.15, -0.1) is 0 Å². The van der Waals surface area contributed by atoms with Gasteiger partial charge in [0.25, 0.3) is 5.91 Å².